The van der Waals surface area contributed by atoms with Gasteiger partial charge in [0.25, 0.3) is 5.91 Å². The van der Waals surface area contributed by atoms with Crippen LogP contribution in [0.1, 0.15) is 34.1 Å². The van der Waals surface area contributed by atoms with Crippen molar-refractivity contribution in [3.8, 4) is 0 Å². The Balaban J connectivity index is 1.84. The Morgan fingerprint density at radius 1 is 0.968 bits per heavy atom. The third kappa shape index (κ3) is 6.50. The van der Waals surface area contributed by atoms with Crippen LogP contribution in [0.4, 0.5) is 11.4 Å². The number of nitrogens with one attached hydrogen (secondary N) is 3. The highest BCUT2D eigenvalue weighted by Gasteiger charge is 2.12. The van der Waals surface area contributed by atoms with Crippen LogP contribution in [0, 0.1) is 13.8 Å². The maximum absolute atomic E-state index is 12.9. The van der Waals surface area contributed by atoms with E-state index in [4.69, 9.17) is 0 Å². The van der Waals surface area contributed by atoms with Crippen molar-refractivity contribution in [3.63, 3.8) is 0 Å². The Kier molecular flexibility index (Phi) is 7.11. The van der Waals surface area contributed by atoms with E-state index in [0.717, 1.165) is 22.5 Å². The summed E-state index contributed by atoms with van der Waals surface area (Å²) < 4.78 is 0. The minimum absolute atomic E-state index is 0.202. The Hall–Kier alpha value is -4.00. The normalized spacial score (nSPS) is 11.0. The maximum Gasteiger partial charge on any atom is 0.258 e. The number of carbonyl (C=O) groups is 2. The molecule has 0 radical (unpaired) electrons. The van der Waals surface area contributed by atoms with Gasteiger partial charge in [0.05, 0.1) is 12.2 Å². The predicted octanol–water partition coefficient (Wildman–Crippen LogP) is 4.05. The molecule has 0 aliphatic heterocycles. The number of amides is 2. The van der Waals surface area contributed by atoms with Gasteiger partial charge in [-0.25, -0.2) is 4.99 Å². The van der Waals surface area contributed by atoms with Crippen LogP contribution >= 0.6 is 0 Å². The topological polar surface area (TPSA) is 95.5 Å². The number of hydrogen-bond donors (Lipinski definition) is 3. The zero-order valence-corrected chi connectivity index (χ0v) is 17.8. The van der Waals surface area contributed by atoms with Gasteiger partial charge in [0.15, 0.2) is 0 Å². The smallest absolute Gasteiger partial charge is 0.258 e. The molecule has 3 rings (SSSR count). The molecule has 0 aliphatic rings. The third-order valence-electron chi connectivity index (χ3n) is 4.45. The molecule has 1 heterocycles. The SMILES string of the molecule is CC(=O)Nc1cccc(C(=O)NC(=NCc2ccccn2)Nc2cc(C)ccc2C)c1. The number of hydrogen-bond acceptors (Lipinski definition) is 4. The van der Waals surface area contributed by atoms with Crippen LogP contribution in [0.15, 0.2) is 71.9 Å². The van der Waals surface area contributed by atoms with Gasteiger partial charge < -0.3 is 10.6 Å². The average Bonchev–Trinajstić information content (AvgIpc) is 2.75. The molecule has 7 heteroatoms. The van der Waals surface area contributed by atoms with E-state index in [-0.39, 0.29) is 11.8 Å². The highest BCUT2D eigenvalue weighted by Crippen LogP contribution is 2.17. The number of rotatable bonds is 5. The van der Waals surface area contributed by atoms with Crippen LogP contribution in [0.25, 0.3) is 0 Å². The number of benzene rings is 2. The average molecular weight is 415 g/mol. The fraction of sp³-hybridized carbons (Fsp3) is 0.167. The van der Waals surface area contributed by atoms with Crippen molar-refractivity contribution in [2.75, 3.05) is 10.6 Å². The standard InChI is InChI=1S/C24H25N5O2/c1-16-10-11-17(2)22(13-16)28-24(26-15-21-8-4-5-12-25-21)29-23(31)19-7-6-9-20(14-19)27-18(3)30/h4-14H,15H2,1-3H3,(H,27,30)(H2,26,28,29,31). The van der Waals surface area contributed by atoms with Crippen LogP contribution in [-0.4, -0.2) is 22.8 Å². The molecule has 1 aromatic heterocycles. The number of nitrogens with zero attached hydrogens (tertiary/aromatic N) is 2. The Labute approximate surface area is 181 Å². The molecule has 0 saturated heterocycles. The van der Waals surface area contributed by atoms with Crippen molar-refractivity contribution >= 4 is 29.1 Å². The zero-order valence-electron chi connectivity index (χ0n) is 17.8. The van der Waals surface area contributed by atoms with Crippen molar-refractivity contribution in [1.82, 2.24) is 10.3 Å². The van der Waals surface area contributed by atoms with Crippen LogP contribution in [-0.2, 0) is 11.3 Å². The number of anilines is 2. The summed E-state index contributed by atoms with van der Waals surface area (Å²) in [4.78, 5) is 33.0. The first-order valence-electron chi connectivity index (χ1n) is 9.88. The molecule has 0 bridgehead atoms. The predicted molar refractivity (Wildman–Crippen MR) is 123 cm³/mol. The number of pyridine rings is 1. The Morgan fingerprint density at radius 2 is 1.81 bits per heavy atom. The molecule has 0 aliphatic carbocycles. The fourth-order valence-electron chi connectivity index (χ4n) is 2.88. The first-order valence-corrected chi connectivity index (χ1v) is 9.88. The number of aromatic nitrogens is 1. The minimum atomic E-state index is -0.343. The maximum atomic E-state index is 12.9. The van der Waals surface area contributed by atoms with Gasteiger partial charge in [-0.15, -0.1) is 0 Å². The molecular formula is C24H25N5O2. The molecule has 2 aromatic carbocycles. The van der Waals surface area contributed by atoms with Crippen molar-refractivity contribution in [2.24, 2.45) is 4.99 Å². The van der Waals surface area contributed by atoms with E-state index in [1.54, 1.807) is 30.5 Å². The molecule has 7 nitrogen and oxygen atoms in total. The zero-order chi connectivity index (χ0) is 22.2. The van der Waals surface area contributed by atoms with Gasteiger partial charge in [0.1, 0.15) is 0 Å². The lowest BCUT2D eigenvalue weighted by atomic mass is 10.1. The van der Waals surface area contributed by atoms with E-state index in [1.807, 2.05) is 50.2 Å². The van der Waals surface area contributed by atoms with Crippen LogP contribution in [0.2, 0.25) is 0 Å². The van der Waals surface area contributed by atoms with Gasteiger partial charge in [0.2, 0.25) is 11.9 Å². The second-order valence-corrected chi connectivity index (χ2v) is 7.15. The summed E-state index contributed by atoms with van der Waals surface area (Å²) in [5, 5.41) is 8.75. The summed E-state index contributed by atoms with van der Waals surface area (Å²) in [6.07, 6.45) is 1.70. The molecule has 0 atom stereocenters. The molecule has 0 fully saturated rings. The van der Waals surface area contributed by atoms with Crippen LogP contribution < -0.4 is 16.0 Å². The fourth-order valence-corrected chi connectivity index (χ4v) is 2.88. The van der Waals surface area contributed by atoms with E-state index in [0.29, 0.717) is 23.8 Å². The van der Waals surface area contributed by atoms with Gasteiger partial charge in [-0.3, -0.25) is 19.9 Å². The molecule has 2 amide bonds. The first kappa shape index (κ1) is 21.7. The lowest BCUT2D eigenvalue weighted by molar-refractivity contribution is -0.114. The minimum Gasteiger partial charge on any atom is -0.326 e. The molecule has 0 spiro atoms. The van der Waals surface area contributed by atoms with Gasteiger partial charge in [-0.1, -0.05) is 24.3 Å². The number of carbonyl (C=O) groups excluding carboxylic acids is 2. The Bertz CT molecular complexity index is 1110. The van der Waals surface area contributed by atoms with Crippen molar-refractivity contribution in [3.05, 3.63) is 89.2 Å². The molecule has 3 aromatic rings. The third-order valence-corrected chi connectivity index (χ3v) is 4.45. The van der Waals surface area contributed by atoms with E-state index in [2.05, 4.69) is 25.9 Å². The second-order valence-electron chi connectivity index (χ2n) is 7.15. The quantitative estimate of drug-likeness (QED) is 0.433. The van der Waals surface area contributed by atoms with Crippen molar-refractivity contribution in [1.29, 1.82) is 0 Å². The highest BCUT2D eigenvalue weighted by atomic mass is 16.2. The summed E-state index contributed by atoms with van der Waals surface area (Å²) in [5.74, 6) is -0.231. The number of guanidine groups is 1. The van der Waals surface area contributed by atoms with E-state index in [1.165, 1.54) is 6.92 Å². The van der Waals surface area contributed by atoms with Gasteiger partial charge in [-0.2, -0.15) is 0 Å². The molecule has 3 N–H and O–H groups in total. The van der Waals surface area contributed by atoms with Crippen LogP contribution in [0.5, 0.6) is 0 Å². The number of aliphatic imine (C=N–C) groups is 1. The highest BCUT2D eigenvalue weighted by molar-refractivity contribution is 6.10. The lowest BCUT2D eigenvalue weighted by Gasteiger charge is -2.14. The first-order chi connectivity index (χ1) is 14.9. The lowest BCUT2D eigenvalue weighted by Crippen LogP contribution is -2.36. The molecular weight excluding hydrogens is 390 g/mol. The second kappa shape index (κ2) is 10.2. The molecule has 0 saturated carbocycles. The van der Waals surface area contributed by atoms with Crippen molar-refractivity contribution in [2.45, 2.75) is 27.3 Å². The van der Waals surface area contributed by atoms with Gasteiger partial charge in [0, 0.05) is 30.1 Å². The van der Waals surface area contributed by atoms with E-state index >= 15 is 0 Å². The summed E-state index contributed by atoms with van der Waals surface area (Å²) in [6.45, 7) is 5.71. The molecule has 158 valence electrons. The van der Waals surface area contributed by atoms with Crippen molar-refractivity contribution < 1.29 is 9.59 Å². The van der Waals surface area contributed by atoms with Gasteiger partial charge >= 0.3 is 0 Å². The summed E-state index contributed by atoms with van der Waals surface area (Å²) in [6, 6.07) is 18.4. The Morgan fingerprint density at radius 3 is 2.55 bits per heavy atom. The van der Waals surface area contributed by atoms with E-state index in [9.17, 15) is 9.59 Å². The van der Waals surface area contributed by atoms with Gasteiger partial charge in [-0.05, 0) is 61.4 Å². The van der Waals surface area contributed by atoms with Crippen LogP contribution in [0.3, 0.4) is 0 Å². The summed E-state index contributed by atoms with van der Waals surface area (Å²) in [5.41, 5.74) is 4.70. The summed E-state index contributed by atoms with van der Waals surface area (Å²) >= 11 is 0. The number of aryl methyl sites for hydroxylation is 2. The largest absolute Gasteiger partial charge is 0.326 e. The summed E-state index contributed by atoms with van der Waals surface area (Å²) in [7, 11) is 0. The van der Waals surface area contributed by atoms with E-state index < -0.39 is 0 Å². The molecule has 31 heavy (non-hydrogen) atoms. The molecule has 0 unspecified atom stereocenters. The monoisotopic (exact) mass is 415 g/mol.